The Morgan fingerprint density at radius 1 is 1.23 bits per heavy atom. The van der Waals surface area contributed by atoms with E-state index in [0.717, 1.165) is 35.7 Å². The molecule has 0 spiro atoms. The number of amides is 1. The number of benzene rings is 2. The average molecular weight is 369 g/mol. The van der Waals surface area contributed by atoms with E-state index in [1.165, 1.54) is 0 Å². The zero-order valence-electron chi connectivity index (χ0n) is 14.8. The van der Waals surface area contributed by atoms with Gasteiger partial charge in [0.2, 0.25) is 5.91 Å². The number of carbonyl (C=O) groups excluding carboxylic acids is 1. The SMILES string of the molecule is CCOc1cccc(CNC(=S)Nc2cccc(N3CCCC3=O)c2)c1. The highest BCUT2D eigenvalue weighted by Crippen LogP contribution is 2.24. The first-order chi connectivity index (χ1) is 12.7. The second-order valence-electron chi connectivity index (χ2n) is 6.09. The summed E-state index contributed by atoms with van der Waals surface area (Å²) in [4.78, 5) is 13.7. The largest absolute Gasteiger partial charge is 0.494 e. The molecule has 1 aliphatic heterocycles. The molecule has 0 atom stereocenters. The second-order valence-corrected chi connectivity index (χ2v) is 6.50. The van der Waals surface area contributed by atoms with E-state index in [0.29, 0.717) is 24.7 Å². The first-order valence-corrected chi connectivity index (χ1v) is 9.23. The molecule has 0 bridgehead atoms. The van der Waals surface area contributed by atoms with Crippen molar-refractivity contribution in [2.75, 3.05) is 23.4 Å². The molecule has 2 N–H and O–H groups in total. The van der Waals surface area contributed by atoms with Crippen LogP contribution in [0.1, 0.15) is 25.3 Å². The Bertz CT molecular complexity index is 794. The summed E-state index contributed by atoms with van der Waals surface area (Å²) in [6, 6.07) is 15.7. The zero-order chi connectivity index (χ0) is 18.4. The molecule has 26 heavy (non-hydrogen) atoms. The van der Waals surface area contributed by atoms with Crippen LogP contribution in [0.15, 0.2) is 48.5 Å². The smallest absolute Gasteiger partial charge is 0.227 e. The number of rotatable bonds is 6. The molecule has 5 nitrogen and oxygen atoms in total. The molecule has 1 aliphatic rings. The van der Waals surface area contributed by atoms with Gasteiger partial charge in [-0.25, -0.2) is 0 Å². The molecule has 0 radical (unpaired) electrons. The fraction of sp³-hybridized carbons (Fsp3) is 0.300. The van der Waals surface area contributed by atoms with Gasteiger partial charge in [-0.1, -0.05) is 18.2 Å². The summed E-state index contributed by atoms with van der Waals surface area (Å²) in [5.41, 5.74) is 2.86. The Kier molecular flexibility index (Phi) is 6.07. The fourth-order valence-corrected chi connectivity index (χ4v) is 3.13. The van der Waals surface area contributed by atoms with Crippen LogP contribution in [0.4, 0.5) is 11.4 Å². The number of hydrogen-bond acceptors (Lipinski definition) is 3. The fourth-order valence-electron chi connectivity index (χ4n) is 2.94. The Morgan fingerprint density at radius 2 is 2.08 bits per heavy atom. The topological polar surface area (TPSA) is 53.6 Å². The van der Waals surface area contributed by atoms with Gasteiger partial charge in [-0.3, -0.25) is 4.79 Å². The normalized spacial score (nSPS) is 13.6. The zero-order valence-corrected chi connectivity index (χ0v) is 15.6. The van der Waals surface area contributed by atoms with E-state index in [4.69, 9.17) is 17.0 Å². The lowest BCUT2D eigenvalue weighted by molar-refractivity contribution is -0.117. The van der Waals surface area contributed by atoms with Crippen molar-refractivity contribution < 1.29 is 9.53 Å². The summed E-state index contributed by atoms with van der Waals surface area (Å²) in [5, 5.41) is 6.92. The van der Waals surface area contributed by atoms with E-state index in [1.807, 2.05) is 60.4 Å². The molecule has 0 unspecified atom stereocenters. The summed E-state index contributed by atoms with van der Waals surface area (Å²) in [6.45, 7) is 4.00. The molecule has 3 rings (SSSR count). The van der Waals surface area contributed by atoms with E-state index >= 15 is 0 Å². The third-order valence-electron chi connectivity index (χ3n) is 4.15. The number of hydrogen-bond donors (Lipinski definition) is 2. The molecule has 1 fully saturated rings. The van der Waals surface area contributed by atoms with E-state index in [9.17, 15) is 4.79 Å². The standard InChI is InChI=1S/C20H23N3O2S/c1-2-25-18-9-3-6-15(12-18)14-21-20(26)22-16-7-4-8-17(13-16)23-11-5-10-19(23)24/h3-4,6-9,12-13H,2,5,10-11,14H2,1H3,(H2,21,22,26). The average Bonchev–Trinajstić information content (AvgIpc) is 3.07. The van der Waals surface area contributed by atoms with Gasteiger partial charge in [0, 0.05) is 30.9 Å². The van der Waals surface area contributed by atoms with Gasteiger partial charge in [0.25, 0.3) is 0 Å². The molecule has 136 valence electrons. The molecular weight excluding hydrogens is 346 g/mol. The first kappa shape index (κ1) is 18.2. The predicted octanol–water partition coefficient (Wildman–Crippen LogP) is 3.70. The van der Waals surface area contributed by atoms with Crippen molar-refractivity contribution in [2.45, 2.75) is 26.3 Å². The van der Waals surface area contributed by atoms with Gasteiger partial charge in [-0.05, 0) is 61.5 Å². The summed E-state index contributed by atoms with van der Waals surface area (Å²) >= 11 is 5.39. The highest BCUT2D eigenvalue weighted by atomic mass is 32.1. The van der Waals surface area contributed by atoms with Crippen molar-refractivity contribution in [3.8, 4) is 5.75 Å². The number of anilines is 2. The van der Waals surface area contributed by atoms with Crippen molar-refractivity contribution >= 4 is 34.6 Å². The van der Waals surface area contributed by atoms with Gasteiger partial charge < -0.3 is 20.3 Å². The number of nitrogens with zero attached hydrogens (tertiary/aromatic N) is 1. The van der Waals surface area contributed by atoms with Crippen LogP contribution in [0.3, 0.4) is 0 Å². The maximum atomic E-state index is 11.9. The first-order valence-electron chi connectivity index (χ1n) is 8.82. The Morgan fingerprint density at radius 3 is 2.85 bits per heavy atom. The number of thiocarbonyl (C=S) groups is 1. The van der Waals surface area contributed by atoms with E-state index < -0.39 is 0 Å². The lowest BCUT2D eigenvalue weighted by atomic mass is 10.2. The van der Waals surface area contributed by atoms with Crippen molar-refractivity contribution in [3.05, 3.63) is 54.1 Å². The van der Waals surface area contributed by atoms with Crippen LogP contribution in [-0.4, -0.2) is 24.2 Å². The van der Waals surface area contributed by atoms with E-state index in [2.05, 4.69) is 10.6 Å². The van der Waals surface area contributed by atoms with E-state index in [1.54, 1.807) is 0 Å². The van der Waals surface area contributed by atoms with E-state index in [-0.39, 0.29) is 5.91 Å². The highest BCUT2D eigenvalue weighted by molar-refractivity contribution is 7.80. The molecule has 1 heterocycles. The molecule has 2 aromatic carbocycles. The number of nitrogens with one attached hydrogen (secondary N) is 2. The lowest BCUT2D eigenvalue weighted by Crippen LogP contribution is -2.28. The predicted molar refractivity (Wildman–Crippen MR) is 109 cm³/mol. The highest BCUT2D eigenvalue weighted by Gasteiger charge is 2.21. The molecule has 1 saturated heterocycles. The van der Waals surface area contributed by atoms with Crippen LogP contribution in [0.5, 0.6) is 5.75 Å². The van der Waals surface area contributed by atoms with Crippen LogP contribution in [0.25, 0.3) is 0 Å². The minimum atomic E-state index is 0.178. The number of carbonyl (C=O) groups is 1. The van der Waals surface area contributed by atoms with Gasteiger partial charge >= 0.3 is 0 Å². The van der Waals surface area contributed by atoms with Gasteiger partial charge in [0.1, 0.15) is 5.75 Å². The van der Waals surface area contributed by atoms with Crippen LogP contribution in [0, 0.1) is 0 Å². The van der Waals surface area contributed by atoms with Crippen molar-refractivity contribution in [2.24, 2.45) is 0 Å². The van der Waals surface area contributed by atoms with Crippen molar-refractivity contribution in [1.82, 2.24) is 5.32 Å². The minimum absolute atomic E-state index is 0.178. The van der Waals surface area contributed by atoms with Crippen LogP contribution in [0.2, 0.25) is 0 Å². The maximum absolute atomic E-state index is 11.9. The minimum Gasteiger partial charge on any atom is -0.494 e. The monoisotopic (exact) mass is 369 g/mol. The van der Waals surface area contributed by atoms with Crippen LogP contribution >= 0.6 is 12.2 Å². The van der Waals surface area contributed by atoms with Gasteiger partial charge in [0.05, 0.1) is 6.61 Å². The summed E-state index contributed by atoms with van der Waals surface area (Å²) in [6.07, 6.45) is 1.54. The third-order valence-corrected chi connectivity index (χ3v) is 4.40. The molecule has 6 heteroatoms. The summed E-state index contributed by atoms with van der Waals surface area (Å²) in [7, 11) is 0. The third kappa shape index (κ3) is 4.73. The van der Waals surface area contributed by atoms with Crippen LogP contribution < -0.4 is 20.3 Å². The molecule has 0 saturated carbocycles. The number of ether oxygens (including phenoxy) is 1. The summed E-state index contributed by atoms with van der Waals surface area (Å²) in [5.74, 6) is 1.03. The molecule has 1 amide bonds. The van der Waals surface area contributed by atoms with Gasteiger partial charge in [-0.2, -0.15) is 0 Å². The maximum Gasteiger partial charge on any atom is 0.227 e. The molecular formula is C20H23N3O2S. The van der Waals surface area contributed by atoms with Gasteiger partial charge in [-0.15, -0.1) is 0 Å². The van der Waals surface area contributed by atoms with Crippen molar-refractivity contribution in [1.29, 1.82) is 0 Å². The van der Waals surface area contributed by atoms with Gasteiger partial charge in [0.15, 0.2) is 5.11 Å². The summed E-state index contributed by atoms with van der Waals surface area (Å²) < 4.78 is 5.51. The Labute approximate surface area is 159 Å². The molecule has 0 aromatic heterocycles. The van der Waals surface area contributed by atoms with Crippen molar-refractivity contribution in [3.63, 3.8) is 0 Å². The Hall–Kier alpha value is -2.60. The van der Waals surface area contributed by atoms with Crippen LogP contribution in [-0.2, 0) is 11.3 Å². The molecule has 0 aliphatic carbocycles. The quantitative estimate of drug-likeness (QED) is 0.761. The second kappa shape index (κ2) is 8.67. The Balaban J connectivity index is 1.56. The lowest BCUT2D eigenvalue weighted by Gasteiger charge is -2.17. The molecule has 2 aromatic rings.